The van der Waals surface area contributed by atoms with E-state index < -0.39 is 5.54 Å². The van der Waals surface area contributed by atoms with E-state index in [1.54, 1.807) is 0 Å². The number of amides is 2. The van der Waals surface area contributed by atoms with Gasteiger partial charge in [0.05, 0.1) is 17.1 Å². The Labute approximate surface area is 202 Å². The van der Waals surface area contributed by atoms with Gasteiger partial charge in [-0.2, -0.15) is 0 Å². The monoisotopic (exact) mass is 465 g/mol. The Morgan fingerprint density at radius 1 is 1.12 bits per heavy atom. The van der Waals surface area contributed by atoms with Gasteiger partial charge in [0.2, 0.25) is 11.8 Å². The molecular formula is C27H39N5O2. The minimum atomic E-state index is -0.708. The van der Waals surface area contributed by atoms with Gasteiger partial charge >= 0.3 is 0 Å². The molecule has 1 aromatic carbocycles. The van der Waals surface area contributed by atoms with Crippen molar-refractivity contribution in [1.82, 2.24) is 25.1 Å². The van der Waals surface area contributed by atoms with Crippen molar-refractivity contribution in [1.29, 1.82) is 0 Å². The highest BCUT2D eigenvalue weighted by Gasteiger charge is 2.53. The van der Waals surface area contributed by atoms with Crippen LogP contribution >= 0.6 is 0 Å². The topological polar surface area (TPSA) is 81.3 Å². The fourth-order valence-electron chi connectivity index (χ4n) is 6.46. The lowest BCUT2D eigenvalue weighted by Gasteiger charge is -2.52. The molecule has 3 fully saturated rings. The number of likely N-dealkylation sites (tertiary alicyclic amines) is 1. The summed E-state index contributed by atoms with van der Waals surface area (Å²) in [6.07, 6.45) is 9.20. The van der Waals surface area contributed by atoms with Crippen LogP contribution in [0.3, 0.4) is 0 Å². The molecule has 2 saturated heterocycles. The molecule has 0 bridgehead atoms. The molecule has 7 nitrogen and oxygen atoms in total. The molecule has 184 valence electrons. The summed E-state index contributed by atoms with van der Waals surface area (Å²) < 4.78 is 0. The maximum Gasteiger partial charge on any atom is 0.246 e. The lowest BCUT2D eigenvalue weighted by molar-refractivity contribution is -0.162. The summed E-state index contributed by atoms with van der Waals surface area (Å²) in [6.45, 7) is 6.47. The number of hydrogen-bond acceptors (Lipinski definition) is 4. The molecule has 1 aliphatic carbocycles. The second-order valence-corrected chi connectivity index (χ2v) is 10.6. The van der Waals surface area contributed by atoms with Gasteiger partial charge in [-0.05, 0) is 50.7 Å². The van der Waals surface area contributed by atoms with E-state index in [-0.39, 0.29) is 23.9 Å². The number of aromatic nitrogens is 2. The average Bonchev–Trinajstić information content (AvgIpc) is 3.30. The van der Waals surface area contributed by atoms with Crippen molar-refractivity contribution in [2.45, 2.75) is 89.3 Å². The van der Waals surface area contributed by atoms with Crippen LogP contribution in [0.15, 0.2) is 24.3 Å². The van der Waals surface area contributed by atoms with Crippen LogP contribution in [0.25, 0.3) is 11.0 Å². The highest BCUT2D eigenvalue weighted by molar-refractivity contribution is 6.00. The Balaban J connectivity index is 1.29. The van der Waals surface area contributed by atoms with Gasteiger partial charge in [0.15, 0.2) is 0 Å². The molecule has 2 atom stereocenters. The number of H-pyrrole nitrogens is 1. The molecule has 3 heterocycles. The van der Waals surface area contributed by atoms with Crippen molar-refractivity contribution in [3.05, 3.63) is 30.1 Å². The number of piperidine rings is 1. The summed E-state index contributed by atoms with van der Waals surface area (Å²) >= 11 is 0. The minimum Gasteiger partial charge on any atom is -0.342 e. The fourth-order valence-corrected chi connectivity index (χ4v) is 6.46. The largest absolute Gasteiger partial charge is 0.342 e. The number of nitrogens with one attached hydrogen (secondary N) is 2. The molecular weight excluding hydrogens is 426 g/mol. The van der Waals surface area contributed by atoms with Crippen molar-refractivity contribution in [2.75, 3.05) is 19.6 Å². The lowest BCUT2D eigenvalue weighted by Crippen LogP contribution is -2.73. The van der Waals surface area contributed by atoms with Gasteiger partial charge in [0, 0.05) is 19.6 Å². The highest BCUT2D eigenvalue weighted by atomic mass is 16.2. The van der Waals surface area contributed by atoms with Crippen LogP contribution in [0.4, 0.5) is 0 Å². The van der Waals surface area contributed by atoms with Gasteiger partial charge in [0.25, 0.3) is 0 Å². The molecule has 7 heteroatoms. The molecule has 1 saturated carbocycles. The maximum absolute atomic E-state index is 13.6. The molecule has 34 heavy (non-hydrogen) atoms. The highest BCUT2D eigenvalue weighted by Crippen LogP contribution is 2.37. The van der Waals surface area contributed by atoms with Crippen LogP contribution in [0.5, 0.6) is 0 Å². The molecule has 3 aliphatic rings. The zero-order valence-electron chi connectivity index (χ0n) is 20.7. The van der Waals surface area contributed by atoms with Crippen molar-refractivity contribution in [3.63, 3.8) is 0 Å². The molecule has 2 N–H and O–H groups in total. The molecule has 1 spiro atoms. The summed E-state index contributed by atoms with van der Waals surface area (Å²) in [4.78, 5) is 39.8. The zero-order valence-corrected chi connectivity index (χ0v) is 20.7. The Kier molecular flexibility index (Phi) is 6.65. The van der Waals surface area contributed by atoms with E-state index in [2.05, 4.69) is 29.0 Å². The van der Waals surface area contributed by atoms with Gasteiger partial charge in [-0.3, -0.25) is 14.5 Å². The Bertz CT molecular complexity index is 986. The fraction of sp³-hybridized carbons (Fsp3) is 0.667. The number of benzene rings is 1. The van der Waals surface area contributed by atoms with Gasteiger partial charge < -0.3 is 15.2 Å². The Morgan fingerprint density at radius 3 is 2.56 bits per heavy atom. The number of carbonyl (C=O) groups excluding carboxylic acids is 2. The van der Waals surface area contributed by atoms with E-state index in [1.807, 2.05) is 29.2 Å². The molecule has 0 radical (unpaired) electrons. The quantitative estimate of drug-likeness (QED) is 0.671. The predicted octanol–water partition coefficient (Wildman–Crippen LogP) is 4.17. The maximum atomic E-state index is 13.6. The summed E-state index contributed by atoms with van der Waals surface area (Å²) in [7, 11) is 0. The molecule has 1 aromatic heterocycles. The Hall–Kier alpha value is -2.41. The van der Waals surface area contributed by atoms with E-state index in [9.17, 15) is 9.59 Å². The van der Waals surface area contributed by atoms with E-state index >= 15 is 0 Å². The first-order valence-corrected chi connectivity index (χ1v) is 13.3. The number of carbonyl (C=O) groups is 2. The number of para-hydroxylation sites is 2. The number of rotatable bonds is 6. The lowest BCUT2D eigenvalue weighted by atomic mass is 9.79. The van der Waals surface area contributed by atoms with Gasteiger partial charge in [-0.25, -0.2) is 4.98 Å². The van der Waals surface area contributed by atoms with Crippen molar-refractivity contribution < 1.29 is 9.59 Å². The third-order valence-corrected chi connectivity index (χ3v) is 8.53. The standard InChI is InChI=1S/C27H39N5O2/c1-3-15-32-25(33)23(18-20-9-5-4-6-10-20)30-26(34)27(32)13-16-31(17-14-27)19(2)24-28-21-11-7-8-12-22(21)29-24/h7-8,11-12,19-20,23H,3-6,9-10,13-18H2,1-2H3,(H,28,29)(H,30,34). The summed E-state index contributed by atoms with van der Waals surface area (Å²) in [5.41, 5.74) is 1.32. The predicted molar refractivity (Wildman–Crippen MR) is 133 cm³/mol. The van der Waals surface area contributed by atoms with Crippen LogP contribution in [0.1, 0.15) is 83.5 Å². The normalized spacial score (nSPS) is 25.1. The van der Waals surface area contributed by atoms with Crippen LogP contribution in [0, 0.1) is 5.92 Å². The third-order valence-electron chi connectivity index (χ3n) is 8.53. The third kappa shape index (κ3) is 4.23. The number of aromatic amines is 1. The minimum absolute atomic E-state index is 0.0670. The van der Waals surface area contributed by atoms with E-state index in [1.165, 1.54) is 32.1 Å². The van der Waals surface area contributed by atoms with Crippen molar-refractivity contribution in [3.8, 4) is 0 Å². The number of imidazole rings is 1. The Morgan fingerprint density at radius 2 is 1.85 bits per heavy atom. The first kappa shape index (κ1) is 23.3. The van der Waals surface area contributed by atoms with Crippen molar-refractivity contribution in [2.24, 2.45) is 5.92 Å². The van der Waals surface area contributed by atoms with Crippen LogP contribution in [0.2, 0.25) is 0 Å². The van der Waals surface area contributed by atoms with E-state index in [0.29, 0.717) is 25.3 Å². The van der Waals surface area contributed by atoms with Crippen LogP contribution in [-0.4, -0.2) is 62.8 Å². The number of nitrogens with zero attached hydrogens (tertiary/aromatic N) is 3. The average molecular weight is 466 g/mol. The molecule has 5 rings (SSSR count). The first-order valence-electron chi connectivity index (χ1n) is 13.3. The van der Waals surface area contributed by atoms with Gasteiger partial charge in [-0.15, -0.1) is 0 Å². The molecule has 2 amide bonds. The second-order valence-electron chi connectivity index (χ2n) is 10.6. The summed E-state index contributed by atoms with van der Waals surface area (Å²) in [6, 6.07) is 7.88. The molecule has 2 aliphatic heterocycles. The van der Waals surface area contributed by atoms with Crippen molar-refractivity contribution >= 4 is 22.8 Å². The molecule has 2 aromatic rings. The molecule has 2 unspecified atom stereocenters. The van der Waals surface area contributed by atoms with E-state index in [0.717, 1.165) is 42.8 Å². The number of piperazine rings is 1. The summed E-state index contributed by atoms with van der Waals surface area (Å²) in [5.74, 6) is 1.73. The van der Waals surface area contributed by atoms with Gasteiger partial charge in [-0.1, -0.05) is 51.2 Å². The van der Waals surface area contributed by atoms with Crippen LogP contribution in [-0.2, 0) is 9.59 Å². The van der Waals surface area contributed by atoms with Crippen LogP contribution < -0.4 is 5.32 Å². The zero-order chi connectivity index (χ0) is 23.7. The number of hydrogen-bond donors (Lipinski definition) is 2. The smallest absolute Gasteiger partial charge is 0.246 e. The second kappa shape index (κ2) is 9.68. The first-order chi connectivity index (χ1) is 16.5. The SMILES string of the molecule is CCCN1C(=O)C(CC2CCCCC2)NC(=O)C12CCN(C(C)c1nc3ccccc3[nH]1)CC2. The number of fused-ring (bicyclic) bond motifs is 1. The van der Waals surface area contributed by atoms with Gasteiger partial charge in [0.1, 0.15) is 17.4 Å². The van der Waals surface area contributed by atoms with E-state index in [4.69, 9.17) is 4.98 Å². The summed E-state index contributed by atoms with van der Waals surface area (Å²) in [5, 5.41) is 3.19.